The molecule has 0 N–H and O–H groups in total. The second kappa shape index (κ2) is 4.60. The van der Waals surface area contributed by atoms with Gasteiger partial charge in [-0.3, -0.25) is 0 Å². The van der Waals surface area contributed by atoms with E-state index in [0.29, 0.717) is 0 Å². The van der Waals surface area contributed by atoms with Crippen LogP contribution in [-0.2, 0) is 6.42 Å². The highest BCUT2D eigenvalue weighted by molar-refractivity contribution is 6.20. The molecule has 0 amide bonds. The summed E-state index contributed by atoms with van der Waals surface area (Å²) in [6, 6.07) is 23.9. The summed E-state index contributed by atoms with van der Waals surface area (Å²) in [6.45, 7) is 2.17. The molecule has 1 nitrogen and oxygen atoms in total. The third-order valence-corrected chi connectivity index (χ3v) is 4.83. The maximum atomic E-state index is 6.26. The van der Waals surface area contributed by atoms with Crippen molar-refractivity contribution in [1.82, 2.24) is 0 Å². The first-order chi connectivity index (χ1) is 11.3. The third-order valence-electron chi connectivity index (χ3n) is 4.83. The van der Waals surface area contributed by atoms with Gasteiger partial charge in [0, 0.05) is 16.2 Å². The fraction of sp³-hybridized carbons (Fsp3) is 0.0909. The van der Waals surface area contributed by atoms with Crippen molar-refractivity contribution in [3.63, 3.8) is 0 Å². The van der Waals surface area contributed by atoms with E-state index in [0.717, 1.165) is 17.6 Å². The summed E-state index contributed by atoms with van der Waals surface area (Å²) < 4.78 is 6.26. The zero-order chi connectivity index (χ0) is 15.4. The Hall–Kier alpha value is -2.80. The molecule has 0 aliphatic heterocycles. The third kappa shape index (κ3) is 1.74. The van der Waals surface area contributed by atoms with Crippen molar-refractivity contribution in [3.05, 3.63) is 72.3 Å². The molecule has 0 radical (unpaired) electrons. The van der Waals surface area contributed by atoms with E-state index in [2.05, 4.69) is 73.7 Å². The molecular formula is C22H16O. The number of hydrogen-bond acceptors (Lipinski definition) is 1. The Morgan fingerprint density at radius 3 is 2.35 bits per heavy atom. The van der Waals surface area contributed by atoms with E-state index in [-0.39, 0.29) is 0 Å². The maximum Gasteiger partial charge on any atom is 0.143 e. The highest BCUT2D eigenvalue weighted by Gasteiger charge is 2.11. The number of aryl methyl sites for hydroxylation is 1. The second-order valence-corrected chi connectivity index (χ2v) is 6.11. The molecule has 0 unspecified atom stereocenters. The molecule has 1 heteroatoms. The Balaban J connectivity index is 1.97. The standard InChI is InChI=1S/C22H16O/c1-2-14-7-9-18-20-12-11-17-16-6-4-3-5-15(16)8-10-19(17)22(20)23-21(18)13-14/h3-13H,2H2,1H3. The van der Waals surface area contributed by atoms with Crippen LogP contribution in [0.5, 0.6) is 0 Å². The van der Waals surface area contributed by atoms with E-state index in [1.54, 1.807) is 0 Å². The van der Waals surface area contributed by atoms with Gasteiger partial charge in [0.25, 0.3) is 0 Å². The first kappa shape index (κ1) is 12.7. The summed E-state index contributed by atoms with van der Waals surface area (Å²) in [5.74, 6) is 0. The minimum Gasteiger partial charge on any atom is -0.455 e. The molecule has 23 heavy (non-hydrogen) atoms. The normalized spacial score (nSPS) is 11.9. The van der Waals surface area contributed by atoms with Gasteiger partial charge in [0.1, 0.15) is 11.2 Å². The Bertz CT molecular complexity index is 1190. The van der Waals surface area contributed by atoms with Crippen LogP contribution in [-0.4, -0.2) is 0 Å². The van der Waals surface area contributed by atoms with Gasteiger partial charge in [-0.05, 0) is 46.3 Å². The monoisotopic (exact) mass is 296 g/mol. The Morgan fingerprint density at radius 1 is 0.696 bits per heavy atom. The lowest BCUT2D eigenvalue weighted by molar-refractivity contribution is 0.672. The molecule has 5 aromatic rings. The van der Waals surface area contributed by atoms with E-state index in [1.165, 1.54) is 37.9 Å². The van der Waals surface area contributed by atoms with Crippen LogP contribution in [0.2, 0.25) is 0 Å². The van der Waals surface area contributed by atoms with Gasteiger partial charge in [-0.15, -0.1) is 0 Å². The summed E-state index contributed by atoms with van der Waals surface area (Å²) in [5, 5.41) is 7.39. The molecule has 0 spiro atoms. The Morgan fingerprint density at radius 2 is 1.43 bits per heavy atom. The van der Waals surface area contributed by atoms with Crippen LogP contribution in [0.4, 0.5) is 0 Å². The van der Waals surface area contributed by atoms with Crippen molar-refractivity contribution in [3.8, 4) is 0 Å². The molecule has 0 aliphatic carbocycles. The van der Waals surface area contributed by atoms with Gasteiger partial charge in [0.05, 0.1) is 0 Å². The predicted octanol–water partition coefficient (Wildman–Crippen LogP) is 6.45. The van der Waals surface area contributed by atoms with E-state index in [9.17, 15) is 0 Å². The fourth-order valence-corrected chi connectivity index (χ4v) is 3.59. The molecule has 4 aromatic carbocycles. The van der Waals surface area contributed by atoms with Crippen molar-refractivity contribution in [2.75, 3.05) is 0 Å². The lowest BCUT2D eigenvalue weighted by Crippen LogP contribution is -1.78. The average Bonchev–Trinajstić information content (AvgIpc) is 2.99. The van der Waals surface area contributed by atoms with Gasteiger partial charge in [-0.25, -0.2) is 0 Å². The van der Waals surface area contributed by atoms with Gasteiger partial charge in [0.15, 0.2) is 0 Å². The fourth-order valence-electron chi connectivity index (χ4n) is 3.59. The highest BCUT2D eigenvalue weighted by atomic mass is 16.3. The molecular weight excluding hydrogens is 280 g/mol. The van der Waals surface area contributed by atoms with Crippen LogP contribution in [0.25, 0.3) is 43.5 Å². The molecule has 5 rings (SSSR count). The number of fused-ring (bicyclic) bond motifs is 7. The first-order valence-electron chi connectivity index (χ1n) is 8.11. The predicted molar refractivity (Wildman–Crippen MR) is 98.1 cm³/mol. The Kier molecular flexibility index (Phi) is 2.54. The van der Waals surface area contributed by atoms with Crippen LogP contribution in [0.3, 0.4) is 0 Å². The summed E-state index contributed by atoms with van der Waals surface area (Å²) >= 11 is 0. The number of hydrogen-bond donors (Lipinski definition) is 0. The van der Waals surface area contributed by atoms with Crippen molar-refractivity contribution >= 4 is 43.5 Å². The van der Waals surface area contributed by atoms with Crippen LogP contribution in [0, 0.1) is 0 Å². The van der Waals surface area contributed by atoms with Crippen molar-refractivity contribution in [1.29, 1.82) is 0 Å². The molecule has 0 atom stereocenters. The number of benzene rings is 4. The lowest BCUT2D eigenvalue weighted by Gasteiger charge is -2.04. The number of rotatable bonds is 1. The molecule has 0 bridgehead atoms. The van der Waals surface area contributed by atoms with Gasteiger partial charge >= 0.3 is 0 Å². The van der Waals surface area contributed by atoms with E-state index in [4.69, 9.17) is 4.42 Å². The average molecular weight is 296 g/mol. The SMILES string of the molecule is CCc1ccc2c(c1)oc1c2ccc2c3ccccc3ccc21. The summed E-state index contributed by atoms with van der Waals surface area (Å²) in [5.41, 5.74) is 3.29. The smallest absolute Gasteiger partial charge is 0.143 e. The lowest BCUT2D eigenvalue weighted by atomic mass is 9.99. The van der Waals surface area contributed by atoms with Crippen LogP contribution in [0.15, 0.2) is 71.1 Å². The van der Waals surface area contributed by atoms with Crippen molar-refractivity contribution in [2.24, 2.45) is 0 Å². The van der Waals surface area contributed by atoms with E-state index in [1.807, 2.05) is 0 Å². The van der Waals surface area contributed by atoms with Crippen molar-refractivity contribution in [2.45, 2.75) is 13.3 Å². The molecule has 110 valence electrons. The zero-order valence-electron chi connectivity index (χ0n) is 13.0. The van der Waals surface area contributed by atoms with Crippen LogP contribution < -0.4 is 0 Å². The van der Waals surface area contributed by atoms with Gasteiger partial charge < -0.3 is 4.42 Å². The molecule has 0 saturated carbocycles. The largest absolute Gasteiger partial charge is 0.455 e. The van der Waals surface area contributed by atoms with E-state index >= 15 is 0 Å². The molecule has 0 fully saturated rings. The molecule has 1 heterocycles. The second-order valence-electron chi connectivity index (χ2n) is 6.11. The number of furan rings is 1. The van der Waals surface area contributed by atoms with E-state index < -0.39 is 0 Å². The summed E-state index contributed by atoms with van der Waals surface area (Å²) in [4.78, 5) is 0. The molecule has 0 aliphatic rings. The van der Waals surface area contributed by atoms with Crippen LogP contribution in [0.1, 0.15) is 12.5 Å². The highest BCUT2D eigenvalue weighted by Crippen LogP contribution is 2.36. The zero-order valence-corrected chi connectivity index (χ0v) is 13.0. The van der Waals surface area contributed by atoms with Gasteiger partial charge in [-0.2, -0.15) is 0 Å². The topological polar surface area (TPSA) is 13.1 Å². The minimum absolute atomic E-state index is 0.986. The van der Waals surface area contributed by atoms with Crippen molar-refractivity contribution < 1.29 is 4.42 Å². The minimum atomic E-state index is 0.986. The van der Waals surface area contributed by atoms with Crippen LogP contribution >= 0.6 is 0 Å². The maximum absolute atomic E-state index is 6.26. The quantitative estimate of drug-likeness (QED) is 0.324. The molecule has 1 aromatic heterocycles. The summed E-state index contributed by atoms with van der Waals surface area (Å²) in [7, 11) is 0. The van der Waals surface area contributed by atoms with Gasteiger partial charge in [0.2, 0.25) is 0 Å². The first-order valence-corrected chi connectivity index (χ1v) is 8.11. The van der Waals surface area contributed by atoms with Gasteiger partial charge in [-0.1, -0.05) is 55.5 Å². The molecule has 0 saturated heterocycles. The Labute approximate surface area is 134 Å². The summed E-state index contributed by atoms with van der Waals surface area (Å²) in [6.07, 6.45) is 1.03.